The van der Waals surface area contributed by atoms with Crippen molar-refractivity contribution in [1.82, 2.24) is 4.90 Å². The molecule has 0 aliphatic carbocycles. The van der Waals surface area contributed by atoms with Crippen molar-refractivity contribution in [3.63, 3.8) is 0 Å². The molecular weight excluding hydrogens is 345 g/mol. The van der Waals surface area contributed by atoms with Gasteiger partial charge in [0, 0.05) is 6.54 Å². The van der Waals surface area contributed by atoms with Crippen LogP contribution in [-0.2, 0) is 23.1 Å². The SMILES string of the molecule is CC(C)C(C)(CC(C)(C)C)C(=O)OCCOP(=O)(O)OCCN(C)C. The molecule has 0 aromatic carbocycles. The van der Waals surface area contributed by atoms with Crippen molar-refractivity contribution < 1.29 is 28.0 Å². The predicted octanol–water partition coefficient (Wildman–Crippen LogP) is 3.32. The fraction of sp³-hybridized carbons (Fsp3) is 0.941. The van der Waals surface area contributed by atoms with Gasteiger partial charge in [0.25, 0.3) is 0 Å². The van der Waals surface area contributed by atoms with Gasteiger partial charge in [-0.25, -0.2) is 4.57 Å². The first-order valence-corrected chi connectivity index (χ1v) is 10.1. The molecule has 0 amide bonds. The summed E-state index contributed by atoms with van der Waals surface area (Å²) in [5.74, 6) is -0.208. The zero-order chi connectivity index (χ0) is 19.9. The number of likely N-dealkylation sites (N-methyl/N-ethyl adjacent to an activating group) is 1. The van der Waals surface area contributed by atoms with Gasteiger partial charge in [-0.2, -0.15) is 0 Å². The molecule has 2 unspecified atom stereocenters. The van der Waals surface area contributed by atoms with Crippen LogP contribution >= 0.6 is 7.82 Å². The summed E-state index contributed by atoms with van der Waals surface area (Å²) in [5.41, 5.74) is -0.640. The fourth-order valence-electron chi connectivity index (χ4n) is 2.44. The summed E-state index contributed by atoms with van der Waals surface area (Å²) in [4.78, 5) is 23.9. The van der Waals surface area contributed by atoms with Crippen molar-refractivity contribution in [3.05, 3.63) is 0 Å². The van der Waals surface area contributed by atoms with Crippen molar-refractivity contribution >= 4 is 13.8 Å². The molecule has 0 bridgehead atoms. The predicted molar refractivity (Wildman–Crippen MR) is 98.3 cm³/mol. The van der Waals surface area contributed by atoms with E-state index in [1.807, 2.05) is 39.8 Å². The molecule has 0 spiro atoms. The molecule has 0 radical (unpaired) electrons. The topological polar surface area (TPSA) is 85.3 Å². The van der Waals surface area contributed by atoms with Crippen molar-refractivity contribution in [3.8, 4) is 0 Å². The van der Waals surface area contributed by atoms with E-state index in [2.05, 4.69) is 20.8 Å². The van der Waals surface area contributed by atoms with Gasteiger partial charge < -0.3 is 14.5 Å². The quantitative estimate of drug-likeness (QED) is 0.334. The Kier molecular flexibility index (Phi) is 9.84. The molecule has 7 nitrogen and oxygen atoms in total. The van der Waals surface area contributed by atoms with Crippen LogP contribution in [0.15, 0.2) is 0 Å². The summed E-state index contributed by atoms with van der Waals surface area (Å²) in [6.07, 6.45) is 0.684. The second-order valence-electron chi connectivity index (χ2n) is 8.38. The third-order valence-electron chi connectivity index (χ3n) is 4.00. The maximum absolute atomic E-state index is 12.5. The number of carbonyl (C=O) groups excluding carboxylic acids is 1. The third kappa shape index (κ3) is 10.3. The number of phosphoric acid groups is 1. The first kappa shape index (κ1) is 24.5. The highest BCUT2D eigenvalue weighted by atomic mass is 31.2. The lowest BCUT2D eigenvalue weighted by Gasteiger charge is -2.36. The lowest BCUT2D eigenvalue weighted by atomic mass is 9.69. The molecule has 0 aliphatic heterocycles. The summed E-state index contributed by atoms with van der Waals surface area (Å²) in [5, 5.41) is 0. The van der Waals surface area contributed by atoms with Crippen LogP contribution in [0.5, 0.6) is 0 Å². The van der Waals surface area contributed by atoms with Gasteiger partial charge in [-0.1, -0.05) is 34.6 Å². The summed E-state index contributed by atoms with van der Waals surface area (Å²) in [6, 6.07) is 0. The molecule has 2 atom stereocenters. The zero-order valence-corrected chi connectivity index (χ0v) is 17.9. The van der Waals surface area contributed by atoms with Crippen LogP contribution in [0.3, 0.4) is 0 Å². The van der Waals surface area contributed by atoms with Gasteiger partial charge in [-0.3, -0.25) is 13.8 Å². The average molecular weight is 381 g/mol. The van der Waals surface area contributed by atoms with E-state index in [0.717, 1.165) is 0 Å². The monoisotopic (exact) mass is 381 g/mol. The fourth-order valence-corrected chi connectivity index (χ4v) is 3.13. The number of carbonyl (C=O) groups is 1. The van der Waals surface area contributed by atoms with E-state index in [9.17, 15) is 14.3 Å². The van der Waals surface area contributed by atoms with Gasteiger partial charge in [-0.05, 0) is 38.8 Å². The maximum Gasteiger partial charge on any atom is 0.472 e. The Labute approximate surface area is 152 Å². The summed E-state index contributed by atoms with van der Waals surface area (Å²) in [7, 11) is -0.463. The van der Waals surface area contributed by atoms with Gasteiger partial charge >= 0.3 is 13.8 Å². The first-order valence-electron chi connectivity index (χ1n) is 8.63. The molecule has 0 fully saturated rings. The van der Waals surface area contributed by atoms with Crippen LogP contribution in [0.2, 0.25) is 0 Å². The third-order valence-corrected chi connectivity index (χ3v) is 5.02. The minimum absolute atomic E-state index is 0.0182. The molecule has 25 heavy (non-hydrogen) atoms. The highest BCUT2D eigenvalue weighted by Gasteiger charge is 2.41. The maximum atomic E-state index is 12.5. The Hall–Kier alpha value is -0.460. The highest BCUT2D eigenvalue weighted by Crippen LogP contribution is 2.43. The largest absolute Gasteiger partial charge is 0.472 e. The van der Waals surface area contributed by atoms with Crippen LogP contribution < -0.4 is 0 Å². The Balaban J connectivity index is 4.42. The van der Waals surface area contributed by atoms with Gasteiger partial charge in [-0.15, -0.1) is 0 Å². The van der Waals surface area contributed by atoms with E-state index in [0.29, 0.717) is 13.0 Å². The first-order chi connectivity index (χ1) is 11.2. The van der Waals surface area contributed by atoms with Crippen molar-refractivity contribution in [2.24, 2.45) is 16.7 Å². The minimum atomic E-state index is -4.12. The van der Waals surface area contributed by atoms with Crippen LogP contribution in [0.4, 0.5) is 0 Å². The average Bonchev–Trinajstić information content (AvgIpc) is 2.40. The molecule has 150 valence electrons. The van der Waals surface area contributed by atoms with Crippen LogP contribution in [-0.4, -0.2) is 56.2 Å². The normalized spacial score (nSPS) is 17.4. The van der Waals surface area contributed by atoms with Crippen LogP contribution in [0.25, 0.3) is 0 Å². The number of rotatable bonds is 11. The number of ether oxygens (including phenoxy) is 1. The molecule has 1 N–H and O–H groups in total. The van der Waals surface area contributed by atoms with Gasteiger partial charge in [0.05, 0.1) is 18.6 Å². The van der Waals surface area contributed by atoms with E-state index in [1.165, 1.54) is 0 Å². The molecule has 0 aliphatic rings. The second-order valence-corrected chi connectivity index (χ2v) is 9.84. The number of nitrogens with zero attached hydrogens (tertiary/aromatic N) is 1. The summed E-state index contributed by atoms with van der Waals surface area (Å²) < 4.78 is 26.6. The van der Waals surface area contributed by atoms with Crippen LogP contribution in [0, 0.1) is 16.7 Å². The molecule has 0 rings (SSSR count). The Morgan fingerprint density at radius 1 is 1.08 bits per heavy atom. The molecule has 0 saturated carbocycles. The van der Waals surface area contributed by atoms with Crippen molar-refractivity contribution in [2.45, 2.75) is 48.0 Å². The molecule has 0 saturated heterocycles. The lowest BCUT2D eigenvalue weighted by Crippen LogP contribution is -2.38. The molecule has 0 aromatic heterocycles. The van der Waals surface area contributed by atoms with E-state index < -0.39 is 13.2 Å². The highest BCUT2D eigenvalue weighted by molar-refractivity contribution is 7.47. The number of hydrogen-bond donors (Lipinski definition) is 1. The Morgan fingerprint density at radius 2 is 1.60 bits per heavy atom. The Morgan fingerprint density at radius 3 is 2.04 bits per heavy atom. The number of hydrogen-bond acceptors (Lipinski definition) is 6. The smallest absolute Gasteiger partial charge is 0.463 e. The van der Waals surface area contributed by atoms with Crippen LogP contribution in [0.1, 0.15) is 48.0 Å². The van der Waals surface area contributed by atoms with E-state index >= 15 is 0 Å². The van der Waals surface area contributed by atoms with Gasteiger partial charge in [0.2, 0.25) is 0 Å². The minimum Gasteiger partial charge on any atom is -0.463 e. The molecule has 8 heteroatoms. The van der Waals surface area contributed by atoms with Crippen molar-refractivity contribution in [1.29, 1.82) is 0 Å². The summed E-state index contributed by atoms with van der Waals surface area (Å²) >= 11 is 0. The standard InChI is InChI=1S/C17H36NO6P/c1-14(2)17(6,13-16(3,4)5)15(19)22-11-12-24-25(20,21)23-10-9-18(7)8/h14H,9-13H2,1-8H3,(H,20,21). The van der Waals surface area contributed by atoms with Gasteiger partial charge in [0.1, 0.15) is 6.61 Å². The number of phosphoric ester groups is 1. The lowest BCUT2D eigenvalue weighted by molar-refractivity contribution is -0.161. The molecular formula is C17H36NO6P. The van der Waals surface area contributed by atoms with E-state index in [1.54, 1.807) is 0 Å². The molecule has 0 aromatic rings. The Bertz CT molecular complexity index is 461. The van der Waals surface area contributed by atoms with Gasteiger partial charge in [0.15, 0.2) is 0 Å². The van der Waals surface area contributed by atoms with Crippen molar-refractivity contribution in [2.75, 3.05) is 40.5 Å². The van der Waals surface area contributed by atoms with E-state index in [-0.39, 0.29) is 37.1 Å². The zero-order valence-electron chi connectivity index (χ0n) is 17.0. The van der Waals surface area contributed by atoms with E-state index in [4.69, 9.17) is 13.8 Å². The second kappa shape index (κ2) is 10.0. The summed E-state index contributed by atoms with van der Waals surface area (Å²) in [6.45, 7) is 12.4. The number of esters is 1. The molecule has 0 heterocycles.